The summed E-state index contributed by atoms with van der Waals surface area (Å²) < 4.78 is 1.10. The number of fused-ring (bicyclic) bond motifs is 2. The van der Waals surface area contributed by atoms with Crippen LogP contribution < -0.4 is 10.6 Å². The summed E-state index contributed by atoms with van der Waals surface area (Å²) in [5.74, 6) is -0.299. The van der Waals surface area contributed by atoms with Crippen molar-refractivity contribution >= 4 is 55.6 Å². The summed E-state index contributed by atoms with van der Waals surface area (Å²) in [6.07, 6.45) is 3.81. The zero-order valence-corrected chi connectivity index (χ0v) is 22.0. The van der Waals surface area contributed by atoms with Crippen LogP contribution in [0.3, 0.4) is 0 Å². The van der Waals surface area contributed by atoms with Crippen LogP contribution in [0, 0.1) is 10.1 Å². The fourth-order valence-corrected chi connectivity index (χ4v) is 7.28. The van der Waals surface area contributed by atoms with E-state index >= 15 is 0 Å². The molecule has 0 bridgehead atoms. The van der Waals surface area contributed by atoms with Crippen molar-refractivity contribution in [3.63, 3.8) is 0 Å². The molecule has 0 atom stereocenters. The lowest BCUT2D eigenvalue weighted by atomic mass is 9.81. The number of nitro benzene ring substituents is 1. The van der Waals surface area contributed by atoms with Crippen LogP contribution in [0.2, 0.25) is 0 Å². The number of rotatable bonds is 5. The van der Waals surface area contributed by atoms with Crippen molar-refractivity contribution in [3.8, 4) is 10.6 Å². The quantitative estimate of drug-likeness (QED) is 0.173. The Labute approximate surface area is 217 Å². The minimum Gasteiger partial charge on any atom is -0.313 e. The molecule has 0 saturated heterocycles. The van der Waals surface area contributed by atoms with Crippen LogP contribution in [0.25, 0.3) is 26.9 Å². The normalized spacial score (nSPS) is 16.2. The third kappa shape index (κ3) is 4.69. The summed E-state index contributed by atoms with van der Waals surface area (Å²) in [7, 11) is 0. The number of carbonyl (C=O) groups is 1. The molecule has 5 rings (SSSR count). The maximum absolute atomic E-state index is 13.0. The Balaban J connectivity index is 1.55. The molecule has 7 nitrogen and oxygen atoms in total. The van der Waals surface area contributed by atoms with Gasteiger partial charge in [-0.3, -0.25) is 14.9 Å². The average Bonchev–Trinajstić information content (AvgIpc) is 3.38. The Bertz CT molecular complexity index is 1500. The van der Waals surface area contributed by atoms with Crippen LogP contribution in [0.1, 0.15) is 43.7 Å². The molecule has 3 heterocycles. The second kappa shape index (κ2) is 8.92. The van der Waals surface area contributed by atoms with Crippen LogP contribution in [0.5, 0.6) is 0 Å². The first-order chi connectivity index (χ1) is 17.0. The maximum Gasteiger partial charge on any atom is 0.270 e. The summed E-state index contributed by atoms with van der Waals surface area (Å²) in [4.78, 5) is 29.7. The second-order valence-electron chi connectivity index (χ2n) is 10.1. The van der Waals surface area contributed by atoms with E-state index in [0.717, 1.165) is 32.2 Å². The number of thiazole rings is 1. The Morgan fingerprint density at radius 1 is 1.14 bits per heavy atom. The highest BCUT2D eigenvalue weighted by Gasteiger charge is 2.41. The van der Waals surface area contributed by atoms with Gasteiger partial charge < -0.3 is 10.6 Å². The third-order valence-electron chi connectivity index (χ3n) is 6.10. The second-order valence-corrected chi connectivity index (χ2v) is 12.1. The van der Waals surface area contributed by atoms with E-state index in [-0.39, 0.29) is 22.7 Å². The molecule has 0 aliphatic carbocycles. The molecule has 1 amide bonds. The summed E-state index contributed by atoms with van der Waals surface area (Å²) in [5.41, 5.74) is 3.32. The van der Waals surface area contributed by atoms with E-state index in [1.807, 2.05) is 18.2 Å². The number of benzene rings is 2. The Kier molecular flexibility index (Phi) is 6.02. The smallest absolute Gasteiger partial charge is 0.270 e. The summed E-state index contributed by atoms with van der Waals surface area (Å²) in [6.45, 7) is 8.72. The minimum absolute atomic E-state index is 0.0149. The first kappa shape index (κ1) is 24.3. The number of hydrogen-bond donors (Lipinski definition) is 2. The molecule has 2 aromatic heterocycles. The van der Waals surface area contributed by atoms with E-state index in [0.29, 0.717) is 5.56 Å². The summed E-state index contributed by atoms with van der Waals surface area (Å²) in [6, 6.07) is 14.2. The molecule has 0 radical (unpaired) electrons. The molecule has 4 aromatic rings. The van der Waals surface area contributed by atoms with Gasteiger partial charge in [0, 0.05) is 39.7 Å². The topological polar surface area (TPSA) is 97.2 Å². The van der Waals surface area contributed by atoms with E-state index < -0.39 is 4.92 Å². The number of nitrogens with one attached hydrogen (secondary N) is 2. The Hall–Kier alpha value is -3.40. The van der Waals surface area contributed by atoms with Crippen LogP contribution in [-0.2, 0) is 16.8 Å². The molecule has 2 aromatic carbocycles. The number of non-ortho nitro benzene ring substituents is 1. The van der Waals surface area contributed by atoms with Crippen molar-refractivity contribution in [2.24, 2.45) is 0 Å². The lowest BCUT2D eigenvalue weighted by molar-refractivity contribution is -0.384. The highest BCUT2D eigenvalue weighted by molar-refractivity contribution is 7.23. The standard InChI is InChI=1S/C27H26N4O3S2/c1-26(2)15-18-22(24-28-19-10-5-6-11-20(19)35-24)25(36-23(18)27(3,4)30-26)29-21(32)13-12-16-8-7-9-17(14-16)31(33)34/h5-14,30H,15H2,1-4H3,(H,29,32)/b13-12+. The SMILES string of the molecule is CC1(C)Cc2c(sc(NC(=O)/C=C/c3cccc([N+](=O)[O-])c3)c2-c2nc3ccccc3s2)C(C)(C)N1. The molecule has 1 aliphatic rings. The molecule has 36 heavy (non-hydrogen) atoms. The zero-order chi connectivity index (χ0) is 25.7. The van der Waals surface area contributed by atoms with Gasteiger partial charge in [0.15, 0.2) is 0 Å². The van der Waals surface area contributed by atoms with Crippen molar-refractivity contribution in [1.82, 2.24) is 10.3 Å². The fraction of sp³-hybridized carbons (Fsp3) is 0.259. The predicted octanol–water partition coefficient (Wildman–Crippen LogP) is 6.74. The average molecular weight is 519 g/mol. The molecule has 9 heteroatoms. The van der Waals surface area contributed by atoms with E-state index in [1.54, 1.807) is 40.9 Å². The molecule has 0 fully saturated rings. The highest BCUT2D eigenvalue weighted by atomic mass is 32.1. The highest BCUT2D eigenvalue weighted by Crippen LogP contribution is 2.50. The molecular weight excluding hydrogens is 492 g/mol. The fourth-order valence-electron chi connectivity index (χ4n) is 4.89. The van der Waals surface area contributed by atoms with Crippen molar-refractivity contribution in [2.45, 2.75) is 45.2 Å². The first-order valence-electron chi connectivity index (χ1n) is 11.6. The lowest BCUT2D eigenvalue weighted by Crippen LogP contribution is -2.54. The van der Waals surface area contributed by atoms with Crippen molar-refractivity contribution < 1.29 is 9.72 Å². The number of anilines is 1. The van der Waals surface area contributed by atoms with Gasteiger partial charge in [-0.05, 0) is 63.5 Å². The minimum atomic E-state index is -0.449. The molecule has 1 aliphatic heterocycles. The third-order valence-corrected chi connectivity index (χ3v) is 8.62. The van der Waals surface area contributed by atoms with Crippen molar-refractivity contribution in [1.29, 1.82) is 0 Å². The summed E-state index contributed by atoms with van der Waals surface area (Å²) >= 11 is 3.21. The number of nitro groups is 1. The van der Waals surface area contributed by atoms with E-state index in [2.05, 4.69) is 44.4 Å². The molecular formula is C27H26N4O3S2. The predicted molar refractivity (Wildman–Crippen MR) is 148 cm³/mol. The number of nitrogens with zero attached hydrogens (tertiary/aromatic N) is 2. The Morgan fingerprint density at radius 2 is 1.92 bits per heavy atom. The largest absolute Gasteiger partial charge is 0.313 e. The number of hydrogen-bond acceptors (Lipinski definition) is 7. The van der Waals surface area contributed by atoms with Gasteiger partial charge in [0.1, 0.15) is 10.0 Å². The monoisotopic (exact) mass is 518 g/mol. The summed E-state index contributed by atoms with van der Waals surface area (Å²) in [5, 5.41) is 19.5. The zero-order valence-electron chi connectivity index (χ0n) is 20.4. The van der Waals surface area contributed by atoms with Crippen LogP contribution >= 0.6 is 22.7 Å². The maximum atomic E-state index is 13.0. The van der Waals surface area contributed by atoms with Gasteiger partial charge in [0.2, 0.25) is 5.91 Å². The van der Waals surface area contributed by atoms with Gasteiger partial charge in [0.05, 0.1) is 15.1 Å². The van der Waals surface area contributed by atoms with E-state index in [4.69, 9.17) is 4.98 Å². The Morgan fingerprint density at radius 3 is 2.67 bits per heavy atom. The van der Waals surface area contributed by atoms with Gasteiger partial charge in [-0.15, -0.1) is 22.7 Å². The first-order valence-corrected chi connectivity index (χ1v) is 13.2. The van der Waals surface area contributed by atoms with Crippen LogP contribution in [0.4, 0.5) is 10.7 Å². The van der Waals surface area contributed by atoms with Crippen LogP contribution in [0.15, 0.2) is 54.6 Å². The van der Waals surface area contributed by atoms with Gasteiger partial charge >= 0.3 is 0 Å². The van der Waals surface area contributed by atoms with Gasteiger partial charge in [-0.25, -0.2) is 4.98 Å². The number of aromatic nitrogens is 1. The lowest BCUT2D eigenvalue weighted by Gasteiger charge is -2.42. The molecule has 0 saturated carbocycles. The van der Waals surface area contributed by atoms with Gasteiger partial charge in [-0.2, -0.15) is 0 Å². The van der Waals surface area contributed by atoms with E-state index in [9.17, 15) is 14.9 Å². The molecule has 184 valence electrons. The molecule has 2 N–H and O–H groups in total. The van der Waals surface area contributed by atoms with Gasteiger partial charge in [-0.1, -0.05) is 24.3 Å². The number of para-hydroxylation sites is 1. The molecule has 0 spiro atoms. The van der Waals surface area contributed by atoms with Crippen molar-refractivity contribution in [3.05, 3.63) is 80.7 Å². The number of thiophene rings is 1. The van der Waals surface area contributed by atoms with Gasteiger partial charge in [0.25, 0.3) is 5.69 Å². The van der Waals surface area contributed by atoms with Crippen LogP contribution in [-0.4, -0.2) is 21.4 Å². The number of amides is 1. The molecule has 0 unspecified atom stereocenters. The number of carbonyl (C=O) groups excluding carboxylic acids is 1. The van der Waals surface area contributed by atoms with E-state index in [1.165, 1.54) is 28.6 Å². The van der Waals surface area contributed by atoms with Crippen molar-refractivity contribution in [2.75, 3.05) is 5.32 Å².